The van der Waals surface area contributed by atoms with Gasteiger partial charge in [0.15, 0.2) is 5.11 Å². The second-order valence-corrected chi connectivity index (χ2v) is 8.77. The Kier molecular flexibility index (Phi) is 6.22. The zero-order valence-corrected chi connectivity index (χ0v) is 20.2. The number of anilines is 1. The molecule has 3 amide bonds. The number of carbonyl (C=O) groups excluding carboxylic acids is 3. The molecule has 0 spiro atoms. The van der Waals surface area contributed by atoms with Gasteiger partial charge in [-0.25, -0.2) is 0 Å². The Hall–Kier alpha value is -4.50. The van der Waals surface area contributed by atoms with Crippen LogP contribution in [0.3, 0.4) is 0 Å². The average molecular weight is 499 g/mol. The molecule has 0 radical (unpaired) electrons. The van der Waals surface area contributed by atoms with Crippen molar-refractivity contribution in [2.24, 2.45) is 0 Å². The van der Waals surface area contributed by atoms with Crippen LogP contribution in [0.2, 0.25) is 0 Å². The second kappa shape index (κ2) is 9.63. The fourth-order valence-electron chi connectivity index (χ4n) is 4.07. The van der Waals surface area contributed by atoms with Gasteiger partial charge in [0, 0.05) is 22.7 Å². The summed E-state index contributed by atoms with van der Waals surface area (Å²) in [5.74, 6) is -0.625. The van der Waals surface area contributed by atoms with Crippen molar-refractivity contribution in [2.45, 2.75) is 20.0 Å². The Morgan fingerprint density at radius 2 is 1.86 bits per heavy atom. The van der Waals surface area contributed by atoms with E-state index in [0.717, 1.165) is 16.5 Å². The molecule has 8 nitrogen and oxygen atoms in total. The summed E-state index contributed by atoms with van der Waals surface area (Å²) in [5.41, 5.74) is 2.99. The number of furan rings is 1. The molecule has 0 aliphatic carbocycles. The third-order valence-electron chi connectivity index (χ3n) is 5.87. The number of para-hydroxylation sites is 1. The van der Waals surface area contributed by atoms with Crippen LogP contribution >= 0.6 is 12.2 Å². The van der Waals surface area contributed by atoms with Gasteiger partial charge in [-0.05, 0) is 55.5 Å². The smallest absolute Gasteiger partial charge is 0.270 e. The lowest BCUT2D eigenvalue weighted by molar-refractivity contribution is -0.123. The number of fused-ring (bicyclic) bond motifs is 1. The van der Waals surface area contributed by atoms with Gasteiger partial charge < -0.3 is 14.3 Å². The monoisotopic (exact) mass is 498 g/mol. The number of aromatic nitrogens is 1. The van der Waals surface area contributed by atoms with E-state index in [1.807, 2.05) is 43.3 Å². The maximum Gasteiger partial charge on any atom is 0.270 e. The summed E-state index contributed by atoms with van der Waals surface area (Å²) in [4.78, 5) is 40.1. The fourth-order valence-corrected chi connectivity index (χ4v) is 4.35. The molecule has 0 saturated carbocycles. The fraction of sp³-hybridized carbons (Fsp3) is 0.111. The molecule has 1 aliphatic heterocycles. The van der Waals surface area contributed by atoms with E-state index in [1.165, 1.54) is 4.90 Å². The molecule has 180 valence electrons. The predicted molar refractivity (Wildman–Crippen MR) is 140 cm³/mol. The maximum atomic E-state index is 13.4. The summed E-state index contributed by atoms with van der Waals surface area (Å²) in [7, 11) is 0. The molecule has 1 aliphatic rings. The van der Waals surface area contributed by atoms with Crippen molar-refractivity contribution in [2.75, 3.05) is 4.90 Å². The molecular weight excluding hydrogens is 476 g/mol. The van der Waals surface area contributed by atoms with Crippen LogP contribution in [0.15, 0.2) is 83.1 Å². The van der Waals surface area contributed by atoms with Gasteiger partial charge in [0.05, 0.1) is 18.5 Å². The lowest BCUT2D eigenvalue weighted by Crippen LogP contribution is -2.54. The van der Waals surface area contributed by atoms with Gasteiger partial charge in [-0.15, -0.1) is 0 Å². The maximum absolute atomic E-state index is 13.4. The van der Waals surface area contributed by atoms with Gasteiger partial charge in [0.2, 0.25) is 5.91 Å². The van der Waals surface area contributed by atoms with Gasteiger partial charge >= 0.3 is 0 Å². The molecule has 0 unspecified atom stereocenters. The van der Waals surface area contributed by atoms with Crippen molar-refractivity contribution in [3.8, 4) is 0 Å². The summed E-state index contributed by atoms with van der Waals surface area (Å²) in [5, 5.41) is 6.27. The number of nitrogens with zero attached hydrogens (tertiary/aromatic N) is 2. The third kappa shape index (κ3) is 4.56. The summed E-state index contributed by atoms with van der Waals surface area (Å²) in [6.07, 6.45) is 4.85. The first-order valence-corrected chi connectivity index (χ1v) is 11.7. The van der Waals surface area contributed by atoms with Gasteiger partial charge in [-0.1, -0.05) is 35.9 Å². The molecule has 2 N–H and O–H groups in total. The number of benzene rings is 2. The minimum absolute atomic E-state index is 0.0293. The Morgan fingerprint density at radius 1 is 1.08 bits per heavy atom. The van der Waals surface area contributed by atoms with E-state index in [2.05, 4.69) is 10.6 Å². The van der Waals surface area contributed by atoms with Crippen LogP contribution in [0.4, 0.5) is 5.69 Å². The number of hydrogen-bond donors (Lipinski definition) is 2. The van der Waals surface area contributed by atoms with Crippen LogP contribution in [-0.2, 0) is 27.5 Å². The lowest BCUT2D eigenvalue weighted by Gasteiger charge is -2.29. The van der Waals surface area contributed by atoms with Crippen LogP contribution in [0.25, 0.3) is 17.0 Å². The van der Waals surface area contributed by atoms with Crippen LogP contribution < -0.4 is 15.5 Å². The van der Waals surface area contributed by atoms with Crippen LogP contribution in [0.1, 0.15) is 16.9 Å². The molecule has 4 aromatic rings. The quantitative estimate of drug-likeness (QED) is 0.240. The predicted octanol–water partition coefficient (Wildman–Crippen LogP) is 3.69. The molecule has 2 aromatic heterocycles. The molecule has 36 heavy (non-hydrogen) atoms. The van der Waals surface area contributed by atoms with Crippen molar-refractivity contribution in [1.82, 2.24) is 15.2 Å². The third-order valence-corrected chi connectivity index (χ3v) is 6.15. The van der Waals surface area contributed by atoms with Crippen molar-refractivity contribution >= 4 is 57.7 Å². The number of aryl methyl sites for hydroxylation is 1. The number of nitrogens with one attached hydrogen (secondary N) is 2. The number of hydrogen-bond acceptors (Lipinski definition) is 5. The van der Waals surface area contributed by atoms with Crippen LogP contribution in [0, 0.1) is 6.92 Å². The lowest BCUT2D eigenvalue weighted by atomic mass is 10.1. The highest BCUT2D eigenvalue weighted by Gasteiger charge is 2.34. The van der Waals surface area contributed by atoms with Crippen LogP contribution in [0.5, 0.6) is 0 Å². The van der Waals surface area contributed by atoms with Crippen LogP contribution in [-0.4, -0.2) is 27.4 Å². The highest BCUT2D eigenvalue weighted by molar-refractivity contribution is 7.80. The zero-order chi connectivity index (χ0) is 25.2. The molecule has 0 bridgehead atoms. The van der Waals surface area contributed by atoms with E-state index in [1.54, 1.807) is 47.4 Å². The van der Waals surface area contributed by atoms with E-state index in [9.17, 15) is 14.4 Å². The largest absolute Gasteiger partial charge is 0.467 e. The summed E-state index contributed by atoms with van der Waals surface area (Å²) < 4.78 is 7.04. The molecule has 9 heteroatoms. The van der Waals surface area contributed by atoms with Crippen molar-refractivity contribution in [3.05, 3.63) is 95.6 Å². The van der Waals surface area contributed by atoms with Gasteiger partial charge in [0.1, 0.15) is 17.9 Å². The Morgan fingerprint density at radius 3 is 2.61 bits per heavy atom. The van der Waals surface area contributed by atoms with E-state index in [0.29, 0.717) is 17.0 Å². The Balaban J connectivity index is 1.45. The van der Waals surface area contributed by atoms with Crippen molar-refractivity contribution < 1.29 is 18.8 Å². The Bertz CT molecular complexity index is 1520. The van der Waals surface area contributed by atoms with Gasteiger partial charge in [-0.3, -0.25) is 24.6 Å². The zero-order valence-electron chi connectivity index (χ0n) is 19.4. The minimum Gasteiger partial charge on any atom is -0.467 e. The number of amides is 3. The summed E-state index contributed by atoms with van der Waals surface area (Å²) >= 11 is 5.29. The molecule has 1 fully saturated rings. The molecule has 0 atom stereocenters. The number of carbonyl (C=O) groups is 3. The molecular formula is C27H22N4O4S. The molecule has 5 rings (SSSR count). The molecule has 1 saturated heterocycles. The first kappa shape index (κ1) is 23.3. The highest BCUT2D eigenvalue weighted by Crippen LogP contribution is 2.27. The van der Waals surface area contributed by atoms with Crippen molar-refractivity contribution in [1.29, 1.82) is 0 Å². The van der Waals surface area contributed by atoms with E-state index in [-0.39, 0.29) is 29.7 Å². The summed E-state index contributed by atoms with van der Waals surface area (Å²) in [6.45, 7) is 2.29. The standard InChI is InChI=1S/C27H22N4O4S/c1-17-8-10-19(11-9-17)31-26(34)22(25(33)29-27(31)36)13-18-15-30(23-7-3-2-6-21(18)23)16-24(32)28-14-20-5-4-12-35-20/h2-13,15H,14,16H2,1H3,(H,28,32)(H,29,33,36). The number of thiocarbonyl (C=S) groups is 1. The topological polar surface area (TPSA) is 96.6 Å². The normalized spacial score (nSPS) is 15.0. The first-order valence-electron chi connectivity index (χ1n) is 11.3. The molecule has 3 heterocycles. The van der Waals surface area contributed by atoms with Gasteiger partial charge in [0.25, 0.3) is 11.8 Å². The first-order chi connectivity index (χ1) is 17.4. The van der Waals surface area contributed by atoms with E-state index in [4.69, 9.17) is 16.6 Å². The molecule has 2 aromatic carbocycles. The van der Waals surface area contributed by atoms with Crippen molar-refractivity contribution in [3.63, 3.8) is 0 Å². The van der Waals surface area contributed by atoms with E-state index >= 15 is 0 Å². The summed E-state index contributed by atoms with van der Waals surface area (Å²) in [6, 6.07) is 18.3. The highest BCUT2D eigenvalue weighted by atomic mass is 32.1. The van der Waals surface area contributed by atoms with Gasteiger partial charge in [-0.2, -0.15) is 0 Å². The number of rotatable bonds is 6. The average Bonchev–Trinajstić information content (AvgIpc) is 3.50. The minimum atomic E-state index is -0.568. The second-order valence-electron chi connectivity index (χ2n) is 8.38. The van der Waals surface area contributed by atoms with E-state index < -0.39 is 11.8 Å². The SMILES string of the molecule is Cc1ccc(N2C(=O)C(=Cc3cn(CC(=O)NCc4ccco4)c4ccccc34)C(=O)NC2=S)cc1. The Labute approximate surface area is 212 Å².